The molecule has 0 spiro atoms. The Morgan fingerprint density at radius 2 is 2.09 bits per heavy atom. The van der Waals surface area contributed by atoms with Crippen molar-refractivity contribution in [3.63, 3.8) is 0 Å². The predicted octanol–water partition coefficient (Wildman–Crippen LogP) is 2.01. The van der Waals surface area contributed by atoms with E-state index in [1.54, 1.807) is 27.1 Å². The highest BCUT2D eigenvalue weighted by molar-refractivity contribution is 6.31. The van der Waals surface area contributed by atoms with Gasteiger partial charge in [0.05, 0.1) is 11.1 Å². The van der Waals surface area contributed by atoms with Crippen LogP contribution in [0, 0.1) is 12.7 Å². The molecule has 0 fully saturated rings. The van der Waals surface area contributed by atoms with E-state index in [9.17, 15) is 23.9 Å². The van der Waals surface area contributed by atoms with Crippen molar-refractivity contribution in [2.45, 2.75) is 32.4 Å². The molecular weight excluding hydrogens is 455 g/mol. The average Bonchev–Trinajstić information content (AvgIpc) is 2.80. The van der Waals surface area contributed by atoms with Gasteiger partial charge in [-0.05, 0) is 25.3 Å². The second kappa shape index (κ2) is 10.2. The summed E-state index contributed by atoms with van der Waals surface area (Å²) in [6.07, 6.45) is 2.24. The number of aromatic hydroxyl groups is 1. The van der Waals surface area contributed by atoms with Gasteiger partial charge in [0.1, 0.15) is 11.4 Å². The molecule has 2 aromatic rings. The van der Waals surface area contributed by atoms with E-state index in [0.717, 1.165) is 6.20 Å². The zero-order valence-corrected chi connectivity index (χ0v) is 19.3. The number of aryl methyl sites for hydroxylation is 1. The van der Waals surface area contributed by atoms with Crippen LogP contribution in [-0.2, 0) is 11.3 Å². The maximum absolute atomic E-state index is 14.3. The Bertz CT molecular complexity index is 1140. The summed E-state index contributed by atoms with van der Waals surface area (Å²) in [4.78, 5) is 39.7. The van der Waals surface area contributed by atoms with E-state index >= 15 is 0 Å². The molecule has 1 unspecified atom stereocenters. The number of pyridine rings is 1. The second-order valence-corrected chi connectivity index (χ2v) is 8.24. The number of halogens is 2. The molecule has 33 heavy (non-hydrogen) atoms. The number of aromatic nitrogens is 1. The van der Waals surface area contributed by atoms with Crippen molar-refractivity contribution < 1.29 is 23.8 Å². The lowest BCUT2D eigenvalue weighted by molar-refractivity contribution is 0.0645. The molecular formula is C22H26ClFN4O5. The summed E-state index contributed by atoms with van der Waals surface area (Å²) >= 11 is 5.91. The fourth-order valence-corrected chi connectivity index (χ4v) is 3.72. The summed E-state index contributed by atoms with van der Waals surface area (Å²) in [6, 6.07) is 3.10. The van der Waals surface area contributed by atoms with Gasteiger partial charge in [-0.25, -0.2) is 4.39 Å². The maximum Gasteiger partial charge on any atom is 0.276 e. The van der Waals surface area contributed by atoms with Gasteiger partial charge in [0.25, 0.3) is 11.8 Å². The number of carbonyl (C=O) groups excluding carboxylic acids is 2. The van der Waals surface area contributed by atoms with Crippen LogP contribution in [-0.4, -0.2) is 59.8 Å². The van der Waals surface area contributed by atoms with Crippen molar-refractivity contribution in [3.05, 3.63) is 61.8 Å². The van der Waals surface area contributed by atoms with Crippen molar-refractivity contribution in [1.29, 1.82) is 0 Å². The number of amides is 2. The number of carbonyl (C=O) groups is 2. The lowest BCUT2D eigenvalue weighted by Crippen LogP contribution is -2.39. The fraction of sp³-hybridized carbons (Fsp3) is 0.409. The Labute approximate surface area is 195 Å². The van der Waals surface area contributed by atoms with E-state index in [4.69, 9.17) is 16.3 Å². The van der Waals surface area contributed by atoms with Crippen LogP contribution in [0.4, 0.5) is 4.39 Å². The Hall–Kier alpha value is -3.11. The minimum Gasteiger partial charge on any atom is -0.502 e. The third kappa shape index (κ3) is 5.12. The van der Waals surface area contributed by atoms with Crippen LogP contribution in [0.2, 0.25) is 5.02 Å². The van der Waals surface area contributed by atoms with E-state index in [2.05, 4.69) is 10.7 Å². The molecule has 1 aromatic heterocycles. The van der Waals surface area contributed by atoms with Crippen LogP contribution in [0.15, 0.2) is 23.1 Å². The first-order valence-corrected chi connectivity index (χ1v) is 10.8. The van der Waals surface area contributed by atoms with Crippen LogP contribution < -0.4 is 16.2 Å². The summed E-state index contributed by atoms with van der Waals surface area (Å²) in [7, 11) is 3.13. The number of benzene rings is 1. The first-order chi connectivity index (χ1) is 15.6. The summed E-state index contributed by atoms with van der Waals surface area (Å²) in [5, 5.41) is 12.9. The van der Waals surface area contributed by atoms with Gasteiger partial charge in [-0.3, -0.25) is 19.1 Å². The Balaban J connectivity index is 1.92. The molecule has 0 saturated heterocycles. The highest BCUT2D eigenvalue weighted by atomic mass is 35.5. The highest BCUT2D eigenvalue weighted by Crippen LogP contribution is 2.22. The Morgan fingerprint density at radius 3 is 2.79 bits per heavy atom. The molecule has 11 heteroatoms. The van der Waals surface area contributed by atoms with Crippen molar-refractivity contribution in [1.82, 2.24) is 14.9 Å². The van der Waals surface area contributed by atoms with Crippen molar-refractivity contribution in [2.75, 3.05) is 32.7 Å². The van der Waals surface area contributed by atoms with Crippen LogP contribution in [0.25, 0.3) is 0 Å². The molecule has 3 N–H and O–H groups in total. The van der Waals surface area contributed by atoms with E-state index in [0.29, 0.717) is 31.5 Å². The molecule has 3 rings (SSSR count). The molecule has 0 radical (unpaired) electrons. The number of hydrogen-bond acceptors (Lipinski definition) is 6. The normalized spacial score (nSPS) is 16.7. The fourth-order valence-electron chi connectivity index (χ4n) is 3.53. The van der Waals surface area contributed by atoms with Gasteiger partial charge < -0.3 is 25.5 Å². The summed E-state index contributed by atoms with van der Waals surface area (Å²) in [6.45, 7) is 2.15. The number of ether oxygens (including phenoxy) is 1. The average molecular weight is 481 g/mol. The highest BCUT2D eigenvalue weighted by Gasteiger charge is 2.27. The second-order valence-electron chi connectivity index (χ2n) is 7.86. The first kappa shape index (κ1) is 24.5. The lowest BCUT2D eigenvalue weighted by Gasteiger charge is -2.26. The number of methoxy groups -OCH3 is 1. The molecule has 0 aliphatic carbocycles. The van der Waals surface area contributed by atoms with E-state index in [1.807, 2.05) is 0 Å². The van der Waals surface area contributed by atoms with Gasteiger partial charge in [-0.15, -0.1) is 0 Å². The molecule has 0 bridgehead atoms. The summed E-state index contributed by atoms with van der Waals surface area (Å²) in [5.41, 5.74) is 1.96. The van der Waals surface area contributed by atoms with Gasteiger partial charge in [0.15, 0.2) is 11.4 Å². The number of nitrogens with zero attached hydrogens (tertiary/aromatic N) is 2. The molecule has 1 aliphatic heterocycles. The third-order valence-electron chi connectivity index (χ3n) is 5.64. The van der Waals surface area contributed by atoms with Gasteiger partial charge in [0, 0.05) is 45.6 Å². The molecule has 9 nitrogen and oxygen atoms in total. The Morgan fingerprint density at radius 1 is 1.36 bits per heavy atom. The van der Waals surface area contributed by atoms with Crippen LogP contribution >= 0.6 is 11.6 Å². The molecule has 0 saturated carbocycles. The third-order valence-corrected chi connectivity index (χ3v) is 6.10. The Kier molecular flexibility index (Phi) is 7.60. The molecule has 178 valence electrons. The largest absolute Gasteiger partial charge is 0.502 e. The first-order valence-electron chi connectivity index (χ1n) is 10.4. The van der Waals surface area contributed by atoms with Crippen molar-refractivity contribution >= 4 is 23.4 Å². The van der Waals surface area contributed by atoms with Crippen molar-refractivity contribution in [3.8, 4) is 5.75 Å². The van der Waals surface area contributed by atoms with Gasteiger partial charge in [0.2, 0.25) is 5.43 Å². The zero-order chi connectivity index (χ0) is 24.3. The molecule has 1 atom stereocenters. The van der Waals surface area contributed by atoms with Gasteiger partial charge >= 0.3 is 0 Å². The smallest absolute Gasteiger partial charge is 0.276 e. The van der Waals surface area contributed by atoms with Crippen LogP contribution in [0.5, 0.6) is 5.75 Å². The number of fused-ring (bicyclic) bond motifs is 1. The van der Waals surface area contributed by atoms with E-state index in [-0.39, 0.29) is 28.9 Å². The van der Waals surface area contributed by atoms with Gasteiger partial charge in [-0.2, -0.15) is 0 Å². The zero-order valence-electron chi connectivity index (χ0n) is 18.6. The quantitative estimate of drug-likeness (QED) is 0.617. The van der Waals surface area contributed by atoms with Crippen molar-refractivity contribution in [2.24, 2.45) is 0 Å². The van der Waals surface area contributed by atoms with Gasteiger partial charge in [-0.1, -0.05) is 23.7 Å². The summed E-state index contributed by atoms with van der Waals surface area (Å²) < 4.78 is 20.9. The standard InChI is InChI=1S/C22H26ClFN4O5/c1-12-4-5-13(17(24)16(12)23)10-25-21(31)15-11-28-18(20(30)19(15)29)22(32)27(2)9-7-14(33-3)6-8-26-28/h4-5,11,14,26,30H,6-10H2,1-3H3,(H,25,31). The number of nitrogens with one attached hydrogen (secondary N) is 2. The minimum atomic E-state index is -1.00. The maximum atomic E-state index is 14.3. The lowest BCUT2D eigenvalue weighted by atomic mass is 10.1. The molecule has 2 heterocycles. The van der Waals surface area contributed by atoms with Crippen LogP contribution in [0.1, 0.15) is 44.8 Å². The monoisotopic (exact) mass is 480 g/mol. The SMILES string of the molecule is COC1CCNn2cc(C(=O)NCc3ccc(C)c(Cl)c3F)c(=O)c(O)c2C(=O)N(C)CC1. The predicted molar refractivity (Wildman–Crippen MR) is 121 cm³/mol. The molecule has 2 amide bonds. The number of rotatable bonds is 4. The molecule has 1 aromatic carbocycles. The van der Waals surface area contributed by atoms with E-state index < -0.39 is 34.4 Å². The van der Waals surface area contributed by atoms with Crippen LogP contribution in [0.3, 0.4) is 0 Å². The minimum absolute atomic E-state index is 0.0475. The van der Waals surface area contributed by atoms with E-state index in [1.165, 1.54) is 15.6 Å². The number of hydrogen-bond donors (Lipinski definition) is 3. The molecule has 1 aliphatic rings. The topological polar surface area (TPSA) is 113 Å². The summed E-state index contributed by atoms with van der Waals surface area (Å²) in [5.74, 6) is -2.93.